The molecule has 0 unspecified atom stereocenters. The van der Waals surface area contributed by atoms with E-state index in [1.807, 2.05) is 19.1 Å². The molecule has 0 aliphatic rings. The number of amides is 1. The van der Waals surface area contributed by atoms with Crippen molar-refractivity contribution in [3.8, 4) is 5.69 Å². The van der Waals surface area contributed by atoms with Gasteiger partial charge < -0.3 is 5.32 Å². The van der Waals surface area contributed by atoms with Crippen LogP contribution in [0.5, 0.6) is 0 Å². The minimum atomic E-state index is -0.585. The van der Waals surface area contributed by atoms with Crippen LogP contribution in [0, 0.1) is 6.92 Å². The second-order valence-corrected chi connectivity index (χ2v) is 8.03. The van der Waals surface area contributed by atoms with Crippen molar-refractivity contribution in [2.45, 2.75) is 20.4 Å². The van der Waals surface area contributed by atoms with Gasteiger partial charge in [-0.2, -0.15) is 0 Å². The quantitative estimate of drug-likeness (QED) is 0.489. The summed E-state index contributed by atoms with van der Waals surface area (Å²) in [7, 11) is 0. The number of carbonyl (C=O) groups excluding carboxylic acids is 2. The molecule has 0 aliphatic carbocycles. The molecule has 0 atom stereocenters. The Kier molecular flexibility index (Phi) is 5.39. The Labute approximate surface area is 181 Å². The number of benzene rings is 2. The molecule has 0 saturated carbocycles. The molecule has 2 aromatic carbocycles. The summed E-state index contributed by atoms with van der Waals surface area (Å²) in [6.07, 6.45) is 0. The number of thiophene rings is 1. The molecule has 4 rings (SSSR count). The molecule has 0 bridgehead atoms. The summed E-state index contributed by atoms with van der Waals surface area (Å²) >= 11 is 1.23. The highest BCUT2D eigenvalue weighted by Gasteiger charge is 2.18. The molecule has 0 saturated heterocycles. The van der Waals surface area contributed by atoms with Crippen LogP contribution in [-0.4, -0.2) is 20.8 Å². The van der Waals surface area contributed by atoms with Crippen LogP contribution in [0.4, 0.5) is 5.69 Å². The number of Topliss-reactive ketones (excluding diaryl/α,β-unsaturated/α-hetero) is 1. The van der Waals surface area contributed by atoms with Crippen LogP contribution in [0.1, 0.15) is 22.8 Å². The van der Waals surface area contributed by atoms with Crippen molar-refractivity contribution in [1.82, 2.24) is 9.13 Å². The van der Waals surface area contributed by atoms with Crippen LogP contribution in [0.15, 0.2) is 69.6 Å². The predicted molar refractivity (Wildman–Crippen MR) is 121 cm³/mol. The van der Waals surface area contributed by atoms with Crippen molar-refractivity contribution in [3.63, 3.8) is 0 Å². The van der Waals surface area contributed by atoms with Gasteiger partial charge in [0.1, 0.15) is 11.2 Å². The number of fused-ring (bicyclic) bond motifs is 1. The van der Waals surface area contributed by atoms with Crippen LogP contribution in [-0.2, 0) is 11.3 Å². The molecule has 0 fully saturated rings. The smallest absolute Gasteiger partial charge is 0.325 e. The van der Waals surface area contributed by atoms with E-state index in [2.05, 4.69) is 5.32 Å². The predicted octanol–water partition coefficient (Wildman–Crippen LogP) is 3.36. The number of nitrogens with zero attached hydrogens (tertiary/aromatic N) is 2. The summed E-state index contributed by atoms with van der Waals surface area (Å²) in [4.78, 5) is 50.6. The zero-order valence-electron chi connectivity index (χ0n) is 16.9. The molecule has 8 heteroatoms. The standard InChI is InChI=1S/C23H19N3O4S/c1-14-6-3-4-9-18(14)26-22(29)21-19(10-11-31-21)25(23(26)30)13-20(28)24-17-8-5-7-16(12-17)15(2)27/h3-12H,13H2,1-2H3,(H,24,28). The molecule has 2 aromatic heterocycles. The Bertz CT molecular complexity index is 1450. The molecule has 1 amide bonds. The molecule has 7 nitrogen and oxygen atoms in total. The lowest BCUT2D eigenvalue weighted by atomic mass is 10.1. The summed E-state index contributed by atoms with van der Waals surface area (Å²) in [5, 5.41) is 4.44. The molecular weight excluding hydrogens is 414 g/mol. The van der Waals surface area contributed by atoms with E-state index < -0.39 is 17.2 Å². The monoisotopic (exact) mass is 433 g/mol. The number of para-hydroxylation sites is 1. The number of nitrogens with one attached hydrogen (secondary N) is 1. The average molecular weight is 433 g/mol. The normalized spacial score (nSPS) is 10.9. The molecule has 4 aromatic rings. The first-order valence-corrected chi connectivity index (χ1v) is 10.4. The van der Waals surface area contributed by atoms with Crippen LogP contribution < -0.4 is 16.6 Å². The Hall–Kier alpha value is -3.78. The van der Waals surface area contributed by atoms with E-state index in [4.69, 9.17) is 0 Å². The molecule has 1 N–H and O–H groups in total. The molecule has 0 aliphatic heterocycles. The number of ketones is 1. The van der Waals surface area contributed by atoms with Crippen molar-refractivity contribution >= 4 is 38.9 Å². The third-order valence-corrected chi connectivity index (χ3v) is 5.86. The van der Waals surface area contributed by atoms with Gasteiger partial charge in [0.25, 0.3) is 5.56 Å². The maximum atomic E-state index is 13.3. The number of aromatic nitrogens is 2. The zero-order chi connectivity index (χ0) is 22.1. The summed E-state index contributed by atoms with van der Waals surface area (Å²) < 4.78 is 2.80. The molecule has 156 valence electrons. The van der Waals surface area contributed by atoms with Gasteiger partial charge in [-0.3, -0.25) is 19.0 Å². The van der Waals surface area contributed by atoms with Crippen molar-refractivity contribution < 1.29 is 9.59 Å². The van der Waals surface area contributed by atoms with Gasteiger partial charge in [0.15, 0.2) is 5.78 Å². The van der Waals surface area contributed by atoms with Gasteiger partial charge in [0.05, 0.1) is 11.2 Å². The molecular formula is C23H19N3O4S. The maximum absolute atomic E-state index is 13.3. The van der Waals surface area contributed by atoms with Crippen molar-refractivity contribution in [2.75, 3.05) is 5.32 Å². The van der Waals surface area contributed by atoms with Gasteiger partial charge in [-0.1, -0.05) is 30.3 Å². The van der Waals surface area contributed by atoms with E-state index in [0.717, 1.165) is 10.1 Å². The lowest BCUT2D eigenvalue weighted by molar-refractivity contribution is -0.116. The average Bonchev–Trinajstić information content (AvgIpc) is 3.23. The fourth-order valence-corrected chi connectivity index (χ4v) is 4.25. The van der Waals surface area contributed by atoms with E-state index in [0.29, 0.717) is 27.2 Å². The first-order valence-electron chi connectivity index (χ1n) is 9.56. The van der Waals surface area contributed by atoms with Crippen molar-refractivity contribution in [3.05, 3.63) is 91.9 Å². The van der Waals surface area contributed by atoms with Crippen LogP contribution in [0.25, 0.3) is 15.9 Å². The Morgan fingerprint density at radius 2 is 1.81 bits per heavy atom. The summed E-state index contributed by atoms with van der Waals surface area (Å²) in [5.74, 6) is -0.553. The summed E-state index contributed by atoms with van der Waals surface area (Å²) in [6.45, 7) is 2.99. The van der Waals surface area contributed by atoms with Crippen LogP contribution in [0.2, 0.25) is 0 Å². The second kappa shape index (κ2) is 8.16. The number of carbonyl (C=O) groups is 2. The van der Waals surface area contributed by atoms with E-state index in [-0.39, 0.29) is 12.3 Å². The minimum absolute atomic E-state index is 0.113. The maximum Gasteiger partial charge on any atom is 0.336 e. The fourth-order valence-electron chi connectivity index (χ4n) is 3.43. The molecule has 0 radical (unpaired) electrons. The van der Waals surface area contributed by atoms with Gasteiger partial charge in [-0.05, 0) is 49.1 Å². The third kappa shape index (κ3) is 3.85. The topological polar surface area (TPSA) is 90.2 Å². The summed E-state index contributed by atoms with van der Waals surface area (Å²) in [5.41, 5.74) is 1.61. The first kappa shape index (κ1) is 20.5. The number of hydrogen-bond donors (Lipinski definition) is 1. The highest BCUT2D eigenvalue weighted by molar-refractivity contribution is 7.17. The Morgan fingerprint density at radius 3 is 2.55 bits per heavy atom. The van der Waals surface area contributed by atoms with Gasteiger partial charge in [0, 0.05) is 11.3 Å². The molecule has 31 heavy (non-hydrogen) atoms. The lowest BCUT2D eigenvalue weighted by Crippen LogP contribution is -2.40. The largest absolute Gasteiger partial charge is 0.336 e. The van der Waals surface area contributed by atoms with E-state index in [9.17, 15) is 19.2 Å². The first-order chi connectivity index (χ1) is 14.9. The Morgan fingerprint density at radius 1 is 1.03 bits per heavy atom. The summed E-state index contributed by atoms with van der Waals surface area (Å²) in [6, 6.07) is 15.4. The van der Waals surface area contributed by atoms with Gasteiger partial charge in [0.2, 0.25) is 5.91 Å². The highest BCUT2D eigenvalue weighted by Crippen LogP contribution is 2.18. The van der Waals surface area contributed by atoms with Crippen molar-refractivity contribution in [1.29, 1.82) is 0 Å². The van der Waals surface area contributed by atoms with Crippen LogP contribution in [0.3, 0.4) is 0 Å². The minimum Gasteiger partial charge on any atom is -0.325 e. The number of rotatable bonds is 5. The van der Waals surface area contributed by atoms with Crippen molar-refractivity contribution in [2.24, 2.45) is 0 Å². The third-order valence-electron chi connectivity index (χ3n) is 4.97. The van der Waals surface area contributed by atoms with E-state index in [1.165, 1.54) is 22.8 Å². The Balaban J connectivity index is 1.77. The highest BCUT2D eigenvalue weighted by atomic mass is 32.1. The molecule has 0 spiro atoms. The van der Waals surface area contributed by atoms with Gasteiger partial charge >= 0.3 is 5.69 Å². The second-order valence-electron chi connectivity index (χ2n) is 7.12. The molecule has 2 heterocycles. The number of anilines is 1. The van der Waals surface area contributed by atoms with Crippen LogP contribution >= 0.6 is 11.3 Å². The van der Waals surface area contributed by atoms with E-state index in [1.54, 1.807) is 47.8 Å². The van der Waals surface area contributed by atoms with Gasteiger partial charge in [-0.15, -0.1) is 11.3 Å². The van der Waals surface area contributed by atoms with Gasteiger partial charge in [-0.25, -0.2) is 9.36 Å². The lowest BCUT2D eigenvalue weighted by Gasteiger charge is -2.14. The number of hydrogen-bond acceptors (Lipinski definition) is 5. The zero-order valence-corrected chi connectivity index (χ0v) is 17.7. The fraction of sp³-hybridized carbons (Fsp3) is 0.130. The van der Waals surface area contributed by atoms with E-state index >= 15 is 0 Å². The number of aryl methyl sites for hydroxylation is 1. The SMILES string of the molecule is CC(=O)c1cccc(NC(=O)Cn2c(=O)n(-c3ccccc3C)c(=O)c3sccc32)c1.